The molecule has 0 unspecified atom stereocenters. The van der Waals surface area contributed by atoms with Crippen molar-refractivity contribution in [3.63, 3.8) is 0 Å². The van der Waals surface area contributed by atoms with E-state index in [1.54, 1.807) is 12.1 Å². The first-order valence-electron chi connectivity index (χ1n) is 6.42. The van der Waals surface area contributed by atoms with Crippen molar-refractivity contribution in [3.05, 3.63) is 76.0 Å². The molecule has 0 aliphatic heterocycles. The molecule has 0 saturated heterocycles. The van der Waals surface area contributed by atoms with Crippen molar-refractivity contribution in [2.75, 3.05) is 0 Å². The SMILES string of the molecule is Cc1ccc2c(ccn2Cc2cccc([N+](=O)[O-])c2)c1. The summed E-state index contributed by atoms with van der Waals surface area (Å²) in [5.74, 6) is 0. The number of hydrogen-bond donors (Lipinski definition) is 0. The van der Waals surface area contributed by atoms with Crippen molar-refractivity contribution in [3.8, 4) is 0 Å². The summed E-state index contributed by atoms with van der Waals surface area (Å²) >= 11 is 0. The van der Waals surface area contributed by atoms with E-state index >= 15 is 0 Å². The first-order valence-corrected chi connectivity index (χ1v) is 6.42. The number of nitrogens with zero attached hydrogens (tertiary/aromatic N) is 2. The summed E-state index contributed by atoms with van der Waals surface area (Å²) in [5, 5.41) is 12.0. The van der Waals surface area contributed by atoms with E-state index in [9.17, 15) is 10.1 Å². The fourth-order valence-electron chi connectivity index (χ4n) is 2.42. The van der Waals surface area contributed by atoms with E-state index < -0.39 is 0 Å². The zero-order valence-corrected chi connectivity index (χ0v) is 11.1. The minimum Gasteiger partial charge on any atom is -0.343 e. The second kappa shape index (κ2) is 4.81. The van der Waals surface area contributed by atoms with Gasteiger partial charge in [0.2, 0.25) is 0 Å². The Morgan fingerprint density at radius 1 is 1.15 bits per heavy atom. The smallest absolute Gasteiger partial charge is 0.269 e. The quantitative estimate of drug-likeness (QED) is 0.533. The van der Waals surface area contributed by atoms with Crippen molar-refractivity contribution in [1.29, 1.82) is 0 Å². The van der Waals surface area contributed by atoms with Gasteiger partial charge < -0.3 is 4.57 Å². The number of nitro groups is 1. The molecule has 0 saturated carbocycles. The van der Waals surface area contributed by atoms with Crippen LogP contribution in [0.2, 0.25) is 0 Å². The first kappa shape index (κ1) is 12.4. The van der Waals surface area contributed by atoms with Gasteiger partial charge in [0.15, 0.2) is 0 Å². The molecule has 2 aromatic carbocycles. The van der Waals surface area contributed by atoms with Crippen LogP contribution in [-0.4, -0.2) is 9.49 Å². The number of aromatic nitrogens is 1. The van der Waals surface area contributed by atoms with E-state index in [2.05, 4.69) is 35.8 Å². The predicted octanol–water partition coefficient (Wildman–Crippen LogP) is 3.91. The number of rotatable bonds is 3. The summed E-state index contributed by atoms with van der Waals surface area (Å²) in [5.41, 5.74) is 3.43. The Morgan fingerprint density at radius 2 is 2.00 bits per heavy atom. The van der Waals surface area contributed by atoms with Gasteiger partial charge in [-0.2, -0.15) is 0 Å². The molecule has 1 heterocycles. The molecule has 0 aliphatic rings. The fraction of sp³-hybridized carbons (Fsp3) is 0.125. The number of hydrogen-bond acceptors (Lipinski definition) is 2. The number of aryl methyl sites for hydroxylation is 1. The maximum absolute atomic E-state index is 10.8. The molecule has 100 valence electrons. The van der Waals surface area contributed by atoms with Gasteiger partial charge in [-0.25, -0.2) is 0 Å². The molecule has 0 fully saturated rings. The van der Waals surface area contributed by atoms with Crippen molar-refractivity contribution >= 4 is 16.6 Å². The molecule has 3 rings (SSSR count). The van der Waals surface area contributed by atoms with Gasteiger partial charge >= 0.3 is 0 Å². The molecule has 20 heavy (non-hydrogen) atoms. The minimum atomic E-state index is -0.360. The van der Waals surface area contributed by atoms with Crippen LogP contribution in [0, 0.1) is 17.0 Å². The molecule has 3 aromatic rings. The van der Waals surface area contributed by atoms with Gasteiger partial charge in [-0.05, 0) is 36.1 Å². The van der Waals surface area contributed by atoms with Crippen LogP contribution in [-0.2, 0) is 6.54 Å². The maximum atomic E-state index is 10.8. The standard InChI is InChI=1S/C16H14N2O2/c1-12-5-6-16-14(9-12)7-8-17(16)11-13-3-2-4-15(10-13)18(19)20/h2-10H,11H2,1H3. The molecule has 0 atom stereocenters. The third kappa shape index (κ3) is 2.28. The minimum absolute atomic E-state index is 0.134. The number of nitro benzene ring substituents is 1. The van der Waals surface area contributed by atoms with Gasteiger partial charge in [0.25, 0.3) is 5.69 Å². The van der Waals surface area contributed by atoms with Crippen LogP contribution in [0.3, 0.4) is 0 Å². The van der Waals surface area contributed by atoms with Gasteiger partial charge in [0, 0.05) is 30.4 Å². The summed E-state index contributed by atoms with van der Waals surface area (Å²) in [6, 6.07) is 15.1. The molecule has 0 bridgehead atoms. The van der Waals surface area contributed by atoms with E-state index in [-0.39, 0.29) is 10.6 Å². The normalized spacial score (nSPS) is 10.8. The summed E-state index contributed by atoms with van der Waals surface area (Å²) in [7, 11) is 0. The van der Waals surface area contributed by atoms with Crippen LogP contribution in [0.4, 0.5) is 5.69 Å². The first-order chi connectivity index (χ1) is 9.63. The van der Waals surface area contributed by atoms with E-state index in [1.807, 2.05) is 12.3 Å². The van der Waals surface area contributed by atoms with E-state index in [0.29, 0.717) is 6.54 Å². The Bertz CT molecular complexity index is 790. The van der Waals surface area contributed by atoms with Crippen LogP contribution in [0.25, 0.3) is 10.9 Å². The van der Waals surface area contributed by atoms with Gasteiger partial charge in [-0.3, -0.25) is 10.1 Å². The molecule has 4 heteroatoms. The summed E-state index contributed by atoms with van der Waals surface area (Å²) < 4.78 is 2.10. The largest absolute Gasteiger partial charge is 0.343 e. The van der Waals surface area contributed by atoms with Crippen LogP contribution in [0.5, 0.6) is 0 Å². The Balaban J connectivity index is 1.97. The average Bonchev–Trinajstić information content (AvgIpc) is 2.81. The lowest BCUT2D eigenvalue weighted by Gasteiger charge is -2.06. The highest BCUT2D eigenvalue weighted by atomic mass is 16.6. The highest BCUT2D eigenvalue weighted by molar-refractivity contribution is 5.80. The highest BCUT2D eigenvalue weighted by Gasteiger charge is 2.07. The molecule has 0 N–H and O–H groups in total. The highest BCUT2D eigenvalue weighted by Crippen LogP contribution is 2.20. The second-order valence-electron chi connectivity index (χ2n) is 4.93. The third-order valence-electron chi connectivity index (χ3n) is 3.40. The van der Waals surface area contributed by atoms with E-state index in [0.717, 1.165) is 11.1 Å². The number of benzene rings is 2. The van der Waals surface area contributed by atoms with Crippen molar-refractivity contribution < 1.29 is 4.92 Å². The van der Waals surface area contributed by atoms with Crippen LogP contribution < -0.4 is 0 Å². The molecule has 0 spiro atoms. The van der Waals surface area contributed by atoms with Crippen LogP contribution >= 0.6 is 0 Å². The summed E-state index contributed by atoms with van der Waals surface area (Å²) in [6.07, 6.45) is 2.02. The zero-order valence-electron chi connectivity index (χ0n) is 11.1. The predicted molar refractivity (Wildman–Crippen MR) is 78.9 cm³/mol. The van der Waals surface area contributed by atoms with Crippen LogP contribution in [0.15, 0.2) is 54.7 Å². The maximum Gasteiger partial charge on any atom is 0.269 e. The van der Waals surface area contributed by atoms with Crippen molar-refractivity contribution in [2.24, 2.45) is 0 Å². The molecule has 4 nitrogen and oxygen atoms in total. The lowest BCUT2D eigenvalue weighted by atomic mass is 10.2. The Labute approximate surface area is 116 Å². The molecular formula is C16H14N2O2. The van der Waals surface area contributed by atoms with Crippen molar-refractivity contribution in [1.82, 2.24) is 4.57 Å². The van der Waals surface area contributed by atoms with E-state index in [4.69, 9.17) is 0 Å². The monoisotopic (exact) mass is 266 g/mol. The zero-order chi connectivity index (χ0) is 14.1. The van der Waals surface area contributed by atoms with Gasteiger partial charge in [0.05, 0.1) is 4.92 Å². The van der Waals surface area contributed by atoms with Crippen LogP contribution in [0.1, 0.15) is 11.1 Å². The fourth-order valence-corrected chi connectivity index (χ4v) is 2.42. The summed E-state index contributed by atoms with van der Waals surface area (Å²) in [6.45, 7) is 2.70. The molecule has 0 radical (unpaired) electrons. The summed E-state index contributed by atoms with van der Waals surface area (Å²) in [4.78, 5) is 10.4. The van der Waals surface area contributed by atoms with Gasteiger partial charge in [0.1, 0.15) is 0 Å². The third-order valence-corrected chi connectivity index (χ3v) is 3.40. The van der Waals surface area contributed by atoms with Gasteiger partial charge in [-0.15, -0.1) is 0 Å². The molecule has 0 amide bonds. The Morgan fingerprint density at radius 3 is 2.80 bits per heavy atom. The Hall–Kier alpha value is -2.62. The Kier molecular flexibility index (Phi) is 2.99. The van der Waals surface area contributed by atoms with Gasteiger partial charge in [-0.1, -0.05) is 23.8 Å². The lowest BCUT2D eigenvalue weighted by Crippen LogP contribution is -1.98. The number of non-ortho nitro benzene ring substituents is 1. The molecule has 0 aliphatic carbocycles. The average molecular weight is 266 g/mol. The van der Waals surface area contributed by atoms with Crippen molar-refractivity contribution in [2.45, 2.75) is 13.5 Å². The molecule has 1 aromatic heterocycles. The van der Waals surface area contributed by atoms with E-state index in [1.165, 1.54) is 17.0 Å². The topological polar surface area (TPSA) is 48.1 Å². The number of fused-ring (bicyclic) bond motifs is 1. The second-order valence-corrected chi connectivity index (χ2v) is 4.93. The lowest BCUT2D eigenvalue weighted by molar-refractivity contribution is -0.384. The molecular weight excluding hydrogens is 252 g/mol.